The van der Waals surface area contributed by atoms with Gasteiger partial charge in [0.05, 0.1) is 10.7 Å². The van der Waals surface area contributed by atoms with Gasteiger partial charge in [-0.3, -0.25) is 9.89 Å². The second-order valence-electron chi connectivity index (χ2n) is 3.03. The van der Waals surface area contributed by atoms with Crippen LogP contribution in [0, 0.1) is 11.6 Å². The number of benzene rings is 1. The van der Waals surface area contributed by atoms with E-state index in [-0.39, 0.29) is 16.5 Å². The van der Waals surface area contributed by atoms with E-state index in [1.54, 1.807) is 0 Å². The Morgan fingerprint density at radius 2 is 2.18 bits per heavy atom. The third-order valence-electron chi connectivity index (χ3n) is 1.88. The van der Waals surface area contributed by atoms with Gasteiger partial charge in [0.25, 0.3) is 5.91 Å². The van der Waals surface area contributed by atoms with Crippen LogP contribution >= 0.6 is 11.6 Å². The predicted octanol–water partition coefficient (Wildman–Crippen LogP) is 1.99. The van der Waals surface area contributed by atoms with Crippen molar-refractivity contribution >= 4 is 23.2 Å². The molecule has 1 heterocycles. The van der Waals surface area contributed by atoms with Gasteiger partial charge in [0.1, 0.15) is 12.1 Å². The maximum atomic E-state index is 13.3. The molecule has 17 heavy (non-hydrogen) atoms. The van der Waals surface area contributed by atoms with Crippen molar-refractivity contribution in [2.45, 2.75) is 0 Å². The maximum absolute atomic E-state index is 13.3. The lowest BCUT2D eigenvalue weighted by atomic mass is 10.3. The van der Waals surface area contributed by atoms with Crippen LogP contribution in [0.1, 0.15) is 10.6 Å². The summed E-state index contributed by atoms with van der Waals surface area (Å²) >= 11 is 5.60. The Kier molecular flexibility index (Phi) is 3.01. The SMILES string of the molecule is O=C(Nc1c(F)cc(F)cc1Cl)c1ncn[nH]1. The molecular weight excluding hydrogens is 254 g/mol. The van der Waals surface area contributed by atoms with E-state index in [1.807, 2.05) is 0 Å². The van der Waals surface area contributed by atoms with Crippen LogP contribution in [0.15, 0.2) is 18.5 Å². The third kappa shape index (κ3) is 2.39. The predicted molar refractivity (Wildman–Crippen MR) is 55.7 cm³/mol. The number of halogens is 3. The van der Waals surface area contributed by atoms with Crippen molar-refractivity contribution in [1.29, 1.82) is 0 Å². The first-order chi connectivity index (χ1) is 8.08. The Morgan fingerprint density at radius 3 is 2.76 bits per heavy atom. The Hall–Kier alpha value is -2.02. The van der Waals surface area contributed by atoms with Crippen molar-refractivity contribution in [2.24, 2.45) is 0 Å². The average Bonchev–Trinajstić information content (AvgIpc) is 2.76. The lowest BCUT2D eigenvalue weighted by molar-refractivity contribution is 0.101. The van der Waals surface area contributed by atoms with Gasteiger partial charge in [0, 0.05) is 6.07 Å². The summed E-state index contributed by atoms with van der Waals surface area (Å²) in [4.78, 5) is 15.1. The highest BCUT2D eigenvalue weighted by Crippen LogP contribution is 2.26. The molecule has 5 nitrogen and oxygen atoms in total. The topological polar surface area (TPSA) is 70.7 Å². The quantitative estimate of drug-likeness (QED) is 0.865. The van der Waals surface area contributed by atoms with Crippen molar-refractivity contribution in [3.8, 4) is 0 Å². The van der Waals surface area contributed by atoms with Crippen LogP contribution in [0.5, 0.6) is 0 Å². The molecule has 1 aromatic carbocycles. The van der Waals surface area contributed by atoms with E-state index in [1.165, 1.54) is 0 Å². The first-order valence-electron chi connectivity index (χ1n) is 4.39. The van der Waals surface area contributed by atoms with Crippen molar-refractivity contribution in [3.05, 3.63) is 40.9 Å². The van der Waals surface area contributed by atoms with Crippen LogP contribution in [0.25, 0.3) is 0 Å². The van der Waals surface area contributed by atoms with Gasteiger partial charge in [-0.25, -0.2) is 13.8 Å². The fourth-order valence-corrected chi connectivity index (χ4v) is 1.39. The molecule has 0 bridgehead atoms. The Balaban J connectivity index is 2.28. The summed E-state index contributed by atoms with van der Waals surface area (Å²) < 4.78 is 26.1. The number of amides is 1. The molecule has 0 aliphatic rings. The van der Waals surface area contributed by atoms with Crippen LogP contribution in [0.4, 0.5) is 14.5 Å². The van der Waals surface area contributed by atoms with Gasteiger partial charge < -0.3 is 5.32 Å². The summed E-state index contributed by atoms with van der Waals surface area (Å²) in [6, 6.07) is 1.50. The molecular formula is C9H5ClF2N4O. The van der Waals surface area contributed by atoms with Gasteiger partial charge in [-0.05, 0) is 6.07 Å². The molecule has 0 saturated heterocycles. The molecule has 0 radical (unpaired) electrons. The van der Waals surface area contributed by atoms with E-state index in [4.69, 9.17) is 11.6 Å². The normalized spacial score (nSPS) is 10.3. The number of aromatic amines is 1. The van der Waals surface area contributed by atoms with E-state index in [0.29, 0.717) is 6.07 Å². The molecule has 0 atom stereocenters. The highest BCUT2D eigenvalue weighted by Gasteiger charge is 2.15. The number of carbonyl (C=O) groups excluding carboxylic acids is 1. The van der Waals surface area contributed by atoms with Crippen LogP contribution < -0.4 is 5.32 Å². The molecule has 0 unspecified atom stereocenters. The summed E-state index contributed by atoms with van der Waals surface area (Å²) in [7, 11) is 0. The maximum Gasteiger partial charge on any atom is 0.293 e. The molecule has 0 spiro atoms. The fourth-order valence-electron chi connectivity index (χ4n) is 1.15. The van der Waals surface area contributed by atoms with E-state index < -0.39 is 17.5 Å². The van der Waals surface area contributed by atoms with Gasteiger partial charge in [-0.15, -0.1) is 0 Å². The number of anilines is 1. The molecule has 0 aliphatic carbocycles. The zero-order valence-electron chi connectivity index (χ0n) is 8.17. The number of rotatable bonds is 2. The number of nitrogens with one attached hydrogen (secondary N) is 2. The molecule has 0 aliphatic heterocycles. The molecule has 2 N–H and O–H groups in total. The summed E-state index contributed by atoms with van der Waals surface area (Å²) in [5.41, 5.74) is -0.311. The number of hydrogen-bond acceptors (Lipinski definition) is 3. The Morgan fingerprint density at radius 1 is 1.41 bits per heavy atom. The summed E-state index contributed by atoms with van der Waals surface area (Å²) in [6.45, 7) is 0. The van der Waals surface area contributed by atoms with E-state index in [9.17, 15) is 13.6 Å². The minimum Gasteiger partial charge on any atom is -0.315 e. The van der Waals surface area contributed by atoms with Crippen LogP contribution in [0.2, 0.25) is 5.02 Å². The van der Waals surface area contributed by atoms with Crippen LogP contribution in [-0.4, -0.2) is 21.1 Å². The van der Waals surface area contributed by atoms with E-state index >= 15 is 0 Å². The van der Waals surface area contributed by atoms with Gasteiger partial charge >= 0.3 is 0 Å². The highest BCUT2D eigenvalue weighted by atomic mass is 35.5. The number of aromatic nitrogens is 3. The zero-order chi connectivity index (χ0) is 12.4. The fraction of sp³-hybridized carbons (Fsp3) is 0. The molecule has 1 amide bonds. The van der Waals surface area contributed by atoms with E-state index in [2.05, 4.69) is 20.5 Å². The Bertz CT molecular complexity index is 535. The molecule has 0 fully saturated rings. The smallest absolute Gasteiger partial charge is 0.293 e. The van der Waals surface area contributed by atoms with Gasteiger partial charge in [0.2, 0.25) is 5.82 Å². The molecule has 88 valence electrons. The second kappa shape index (κ2) is 4.46. The molecule has 1 aromatic heterocycles. The Labute approximate surface area is 98.8 Å². The number of carbonyl (C=O) groups is 1. The van der Waals surface area contributed by atoms with Gasteiger partial charge in [-0.2, -0.15) is 5.10 Å². The number of nitrogens with zero attached hydrogens (tertiary/aromatic N) is 2. The molecule has 0 saturated carbocycles. The molecule has 2 rings (SSSR count). The van der Waals surface area contributed by atoms with Crippen LogP contribution in [0.3, 0.4) is 0 Å². The average molecular weight is 259 g/mol. The van der Waals surface area contributed by atoms with Crippen molar-refractivity contribution < 1.29 is 13.6 Å². The number of H-pyrrole nitrogens is 1. The minimum atomic E-state index is -0.970. The number of hydrogen-bond donors (Lipinski definition) is 2. The second-order valence-corrected chi connectivity index (χ2v) is 3.44. The first kappa shape index (κ1) is 11.5. The molecule has 8 heteroatoms. The van der Waals surface area contributed by atoms with Gasteiger partial charge in [0.15, 0.2) is 5.82 Å². The lowest BCUT2D eigenvalue weighted by Crippen LogP contribution is -2.15. The van der Waals surface area contributed by atoms with Gasteiger partial charge in [-0.1, -0.05) is 11.6 Å². The summed E-state index contributed by atoms with van der Waals surface area (Å²) in [5, 5.41) is 7.68. The zero-order valence-corrected chi connectivity index (χ0v) is 8.92. The first-order valence-corrected chi connectivity index (χ1v) is 4.77. The molecule has 2 aromatic rings. The summed E-state index contributed by atoms with van der Waals surface area (Å²) in [6.07, 6.45) is 1.12. The van der Waals surface area contributed by atoms with Crippen molar-refractivity contribution in [2.75, 3.05) is 5.32 Å². The van der Waals surface area contributed by atoms with Crippen molar-refractivity contribution in [3.63, 3.8) is 0 Å². The summed E-state index contributed by atoms with van der Waals surface area (Å²) in [5.74, 6) is -2.63. The monoisotopic (exact) mass is 258 g/mol. The standard InChI is InChI=1S/C9H5ClF2N4O/c10-5-1-4(11)2-6(12)7(5)15-9(17)8-13-3-14-16-8/h1-3H,(H,15,17)(H,13,14,16). The van der Waals surface area contributed by atoms with E-state index in [0.717, 1.165) is 12.4 Å². The third-order valence-corrected chi connectivity index (χ3v) is 2.17. The minimum absolute atomic E-state index is 0.107. The van der Waals surface area contributed by atoms with Crippen molar-refractivity contribution in [1.82, 2.24) is 15.2 Å². The largest absolute Gasteiger partial charge is 0.315 e. The highest BCUT2D eigenvalue weighted by molar-refractivity contribution is 6.33. The lowest BCUT2D eigenvalue weighted by Gasteiger charge is -2.06. The van der Waals surface area contributed by atoms with Crippen LogP contribution in [-0.2, 0) is 0 Å².